The van der Waals surface area contributed by atoms with Crippen molar-refractivity contribution in [1.29, 1.82) is 0 Å². The number of anilines is 2. The quantitative estimate of drug-likeness (QED) is 0.692. The Balaban J connectivity index is 2.44. The highest BCUT2D eigenvalue weighted by Crippen LogP contribution is 2.16. The zero-order chi connectivity index (χ0) is 16.5. The second kappa shape index (κ2) is 9.30. The first-order chi connectivity index (χ1) is 10.4. The molecule has 0 radical (unpaired) electrons. The van der Waals surface area contributed by atoms with Crippen molar-refractivity contribution < 1.29 is 9.90 Å². The monoisotopic (exact) mass is 307 g/mol. The highest BCUT2D eigenvalue weighted by Gasteiger charge is 2.12. The van der Waals surface area contributed by atoms with Crippen LogP contribution in [0.15, 0.2) is 24.3 Å². The third-order valence-electron chi connectivity index (χ3n) is 3.53. The molecule has 0 saturated heterocycles. The molecule has 1 rings (SSSR count). The van der Waals surface area contributed by atoms with E-state index >= 15 is 0 Å². The van der Waals surface area contributed by atoms with Crippen LogP contribution in [0.1, 0.15) is 26.7 Å². The summed E-state index contributed by atoms with van der Waals surface area (Å²) < 4.78 is 0. The number of nitrogens with one attached hydrogen (secondary N) is 2. The predicted molar refractivity (Wildman–Crippen MR) is 92.4 cm³/mol. The van der Waals surface area contributed by atoms with E-state index in [-0.39, 0.29) is 12.6 Å². The lowest BCUT2D eigenvalue weighted by atomic mass is 9.94. The molecular weight excluding hydrogens is 278 g/mol. The van der Waals surface area contributed by atoms with E-state index < -0.39 is 0 Å². The molecule has 2 amide bonds. The third kappa shape index (κ3) is 6.80. The smallest absolute Gasteiger partial charge is 0.319 e. The number of hydrogen-bond acceptors (Lipinski definition) is 3. The average molecular weight is 307 g/mol. The Bertz CT molecular complexity index is 444. The van der Waals surface area contributed by atoms with E-state index in [0.717, 1.165) is 24.2 Å². The van der Waals surface area contributed by atoms with Gasteiger partial charge in [0.1, 0.15) is 0 Å². The maximum atomic E-state index is 11.9. The fourth-order valence-corrected chi connectivity index (χ4v) is 2.41. The molecule has 0 saturated carbocycles. The molecule has 5 heteroatoms. The Hall–Kier alpha value is -1.75. The maximum Gasteiger partial charge on any atom is 0.319 e. The fourth-order valence-electron chi connectivity index (χ4n) is 2.41. The molecule has 0 spiro atoms. The van der Waals surface area contributed by atoms with Crippen molar-refractivity contribution in [2.45, 2.75) is 26.7 Å². The normalized spacial score (nSPS) is 12.1. The Morgan fingerprint density at radius 3 is 2.36 bits per heavy atom. The Labute approximate surface area is 133 Å². The molecule has 0 heterocycles. The van der Waals surface area contributed by atoms with Crippen molar-refractivity contribution >= 4 is 17.4 Å². The van der Waals surface area contributed by atoms with E-state index in [4.69, 9.17) is 5.11 Å². The summed E-state index contributed by atoms with van der Waals surface area (Å²) in [5.74, 6) is 0.867. The van der Waals surface area contributed by atoms with Gasteiger partial charge in [-0.3, -0.25) is 0 Å². The topological polar surface area (TPSA) is 64.6 Å². The van der Waals surface area contributed by atoms with Gasteiger partial charge in [0.25, 0.3) is 0 Å². The van der Waals surface area contributed by atoms with Crippen molar-refractivity contribution in [1.82, 2.24) is 5.32 Å². The van der Waals surface area contributed by atoms with E-state index in [1.165, 1.54) is 0 Å². The first kappa shape index (κ1) is 18.3. The molecule has 0 bridgehead atoms. The molecule has 1 unspecified atom stereocenters. The van der Waals surface area contributed by atoms with E-state index in [1.807, 2.05) is 43.3 Å². The Morgan fingerprint density at radius 2 is 1.86 bits per heavy atom. The minimum Gasteiger partial charge on any atom is -0.396 e. The molecule has 0 aliphatic rings. The van der Waals surface area contributed by atoms with Gasteiger partial charge >= 0.3 is 6.03 Å². The van der Waals surface area contributed by atoms with E-state index in [9.17, 15) is 4.79 Å². The lowest BCUT2D eigenvalue weighted by molar-refractivity contribution is 0.231. The number of carbonyl (C=O) groups excluding carboxylic acids is 1. The number of hydrogen-bond donors (Lipinski definition) is 3. The lowest BCUT2D eigenvalue weighted by Crippen LogP contribution is -2.33. The van der Waals surface area contributed by atoms with Crippen molar-refractivity contribution in [3.63, 3.8) is 0 Å². The maximum absolute atomic E-state index is 11.9. The largest absolute Gasteiger partial charge is 0.396 e. The van der Waals surface area contributed by atoms with Gasteiger partial charge in [-0.15, -0.1) is 0 Å². The summed E-state index contributed by atoms with van der Waals surface area (Å²) in [7, 11) is 3.95. The van der Waals surface area contributed by atoms with Gasteiger partial charge in [0.15, 0.2) is 0 Å². The molecule has 22 heavy (non-hydrogen) atoms. The molecule has 1 aromatic carbocycles. The third-order valence-corrected chi connectivity index (χ3v) is 3.53. The number of rotatable bonds is 8. The molecule has 0 aromatic heterocycles. The first-order valence-electron chi connectivity index (χ1n) is 7.85. The first-order valence-corrected chi connectivity index (χ1v) is 7.85. The number of urea groups is 1. The van der Waals surface area contributed by atoms with Crippen LogP contribution in [0.5, 0.6) is 0 Å². The van der Waals surface area contributed by atoms with Crippen LogP contribution in [0.4, 0.5) is 16.2 Å². The van der Waals surface area contributed by atoms with Crippen molar-refractivity contribution in [3.05, 3.63) is 24.3 Å². The SMILES string of the molecule is CC(C)CC(CCO)CNC(=O)Nc1ccc(N(C)C)cc1. The van der Waals surface area contributed by atoms with Gasteiger partial charge in [-0.05, 0) is 48.9 Å². The van der Waals surface area contributed by atoms with Crippen LogP contribution in [0.25, 0.3) is 0 Å². The summed E-state index contributed by atoms with van der Waals surface area (Å²) in [5, 5.41) is 14.8. The minimum absolute atomic E-state index is 0.159. The second-order valence-electron chi connectivity index (χ2n) is 6.28. The molecular formula is C17H29N3O2. The van der Waals surface area contributed by atoms with E-state index in [1.54, 1.807) is 0 Å². The van der Waals surface area contributed by atoms with E-state index in [0.29, 0.717) is 18.4 Å². The number of aliphatic hydroxyl groups excluding tert-OH is 1. The summed E-state index contributed by atoms with van der Waals surface area (Å²) >= 11 is 0. The molecule has 1 atom stereocenters. The Morgan fingerprint density at radius 1 is 1.23 bits per heavy atom. The molecule has 3 N–H and O–H groups in total. The van der Waals surface area contributed by atoms with Crippen molar-refractivity contribution in [3.8, 4) is 0 Å². The van der Waals surface area contributed by atoms with Crippen LogP contribution in [0.3, 0.4) is 0 Å². The highest BCUT2D eigenvalue weighted by molar-refractivity contribution is 5.89. The Kier molecular flexibility index (Phi) is 7.74. The number of aliphatic hydroxyl groups is 1. The highest BCUT2D eigenvalue weighted by atomic mass is 16.3. The van der Waals surface area contributed by atoms with Crippen LogP contribution >= 0.6 is 0 Å². The average Bonchev–Trinajstić information content (AvgIpc) is 2.45. The molecule has 1 aromatic rings. The predicted octanol–water partition coefficient (Wildman–Crippen LogP) is 2.92. The van der Waals surface area contributed by atoms with Crippen LogP contribution < -0.4 is 15.5 Å². The van der Waals surface area contributed by atoms with Gasteiger partial charge in [-0.2, -0.15) is 0 Å². The summed E-state index contributed by atoms with van der Waals surface area (Å²) in [6.07, 6.45) is 1.72. The number of amides is 2. The standard InChI is InChI=1S/C17H29N3O2/c1-13(2)11-14(9-10-21)12-18-17(22)19-15-5-7-16(8-6-15)20(3)4/h5-8,13-14,21H,9-12H2,1-4H3,(H2,18,19,22). The van der Waals surface area contributed by atoms with Crippen molar-refractivity contribution in [2.24, 2.45) is 11.8 Å². The van der Waals surface area contributed by atoms with Gasteiger partial charge in [0, 0.05) is 38.6 Å². The number of carbonyl (C=O) groups is 1. The van der Waals surface area contributed by atoms with Gasteiger partial charge < -0.3 is 20.6 Å². The van der Waals surface area contributed by atoms with Crippen LogP contribution in [0.2, 0.25) is 0 Å². The van der Waals surface area contributed by atoms with Crippen LogP contribution in [0, 0.1) is 11.8 Å². The van der Waals surface area contributed by atoms with Gasteiger partial charge in [-0.1, -0.05) is 13.8 Å². The number of nitrogens with zero attached hydrogens (tertiary/aromatic N) is 1. The summed E-state index contributed by atoms with van der Waals surface area (Å²) in [4.78, 5) is 13.9. The molecule has 5 nitrogen and oxygen atoms in total. The zero-order valence-corrected chi connectivity index (χ0v) is 14.1. The van der Waals surface area contributed by atoms with Gasteiger partial charge in [-0.25, -0.2) is 4.79 Å². The summed E-state index contributed by atoms with van der Waals surface area (Å²) in [6, 6.07) is 7.48. The zero-order valence-electron chi connectivity index (χ0n) is 14.1. The second-order valence-corrected chi connectivity index (χ2v) is 6.28. The molecule has 124 valence electrons. The summed E-state index contributed by atoms with van der Waals surface area (Å²) in [5.41, 5.74) is 1.86. The summed E-state index contributed by atoms with van der Waals surface area (Å²) in [6.45, 7) is 5.04. The lowest BCUT2D eigenvalue weighted by Gasteiger charge is -2.19. The van der Waals surface area contributed by atoms with Crippen LogP contribution in [-0.4, -0.2) is 38.4 Å². The molecule has 0 aliphatic carbocycles. The fraction of sp³-hybridized carbons (Fsp3) is 0.588. The molecule has 0 fully saturated rings. The van der Waals surface area contributed by atoms with Gasteiger partial charge in [0.2, 0.25) is 0 Å². The van der Waals surface area contributed by atoms with Crippen LogP contribution in [-0.2, 0) is 0 Å². The molecule has 0 aliphatic heterocycles. The van der Waals surface area contributed by atoms with Gasteiger partial charge in [0.05, 0.1) is 0 Å². The minimum atomic E-state index is -0.204. The van der Waals surface area contributed by atoms with Crippen molar-refractivity contribution in [2.75, 3.05) is 37.5 Å². The number of benzene rings is 1. The van der Waals surface area contributed by atoms with E-state index in [2.05, 4.69) is 24.5 Å².